The van der Waals surface area contributed by atoms with Crippen molar-refractivity contribution in [2.45, 2.75) is 31.7 Å². The summed E-state index contributed by atoms with van der Waals surface area (Å²) in [5.41, 5.74) is 9.30. The first-order valence-corrected chi connectivity index (χ1v) is 8.57. The standard InChI is InChI=1S/C19H20FN5/c20-15-5-7-17(8-6-15)25-18(10-12-22-25)14-9-11-21-19(13-14)24-23-16-3-1-2-4-16/h5-13,16,23H,1-4H2,(H,21,24). The molecule has 2 aromatic heterocycles. The zero-order chi connectivity index (χ0) is 17.1. The molecule has 4 rings (SSSR count). The van der Waals surface area contributed by atoms with Gasteiger partial charge >= 0.3 is 0 Å². The van der Waals surface area contributed by atoms with Crippen LogP contribution in [0, 0.1) is 5.82 Å². The van der Waals surface area contributed by atoms with Gasteiger partial charge in [-0.15, -0.1) is 0 Å². The molecule has 1 aliphatic carbocycles. The second-order valence-electron chi connectivity index (χ2n) is 6.29. The van der Waals surface area contributed by atoms with Crippen molar-refractivity contribution < 1.29 is 4.39 Å². The normalized spacial score (nSPS) is 14.8. The second-order valence-corrected chi connectivity index (χ2v) is 6.29. The van der Waals surface area contributed by atoms with E-state index in [4.69, 9.17) is 0 Å². The van der Waals surface area contributed by atoms with Crippen LogP contribution in [-0.2, 0) is 0 Å². The van der Waals surface area contributed by atoms with Gasteiger partial charge < -0.3 is 5.43 Å². The van der Waals surface area contributed by atoms with Crippen molar-refractivity contribution in [3.05, 3.63) is 60.7 Å². The van der Waals surface area contributed by atoms with Crippen molar-refractivity contribution in [3.63, 3.8) is 0 Å². The van der Waals surface area contributed by atoms with Crippen molar-refractivity contribution in [1.29, 1.82) is 0 Å². The van der Waals surface area contributed by atoms with E-state index in [1.165, 1.54) is 37.8 Å². The first-order valence-electron chi connectivity index (χ1n) is 8.57. The monoisotopic (exact) mass is 337 g/mol. The molecule has 1 saturated carbocycles. The molecule has 0 radical (unpaired) electrons. The van der Waals surface area contributed by atoms with E-state index in [0.717, 1.165) is 22.8 Å². The highest BCUT2D eigenvalue weighted by Gasteiger charge is 2.14. The molecule has 1 aliphatic rings. The van der Waals surface area contributed by atoms with Crippen LogP contribution in [0.3, 0.4) is 0 Å². The Balaban J connectivity index is 1.57. The molecule has 0 aliphatic heterocycles. The number of hydrazine groups is 1. The molecule has 128 valence electrons. The van der Waals surface area contributed by atoms with E-state index < -0.39 is 0 Å². The average Bonchev–Trinajstić information content (AvgIpc) is 3.33. The molecule has 0 spiro atoms. The third-order valence-electron chi connectivity index (χ3n) is 4.53. The Morgan fingerprint density at radius 1 is 1.00 bits per heavy atom. The fourth-order valence-corrected chi connectivity index (χ4v) is 3.21. The van der Waals surface area contributed by atoms with Gasteiger partial charge in [0.2, 0.25) is 0 Å². The van der Waals surface area contributed by atoms with Crippen molar-refractivity contribution in [3.8, 4) is 16.9 Å². The Hall–Kier alpha value is -2.73. The van der Waals surface area contributed by atoms with Gasteiger partial charge in [-0.25, -0.2) is 19.5 Å². The minimum Gasteiger partial charge on any atom is -0.306 e. The lowest BCUT2D eigenvalue weighted by Crippen LogP contribution is -2.31. The molecule has 0 saturated heterocycles. The maximum atomic E-state index is 13.2. The molecule has 0 atom stereocenters. The van der Waals surface area contributed by atoms with Crippen molar-refractivity contribution in [2.75, 3.05) is 5.43 Å². The van der Waals surface area contributed by atoms with Crippen molar-refractivity contribution in [1.82, 2.24) is 20.2 Å². The summed E-state index contributed by atoms with van der Waals surface area (Å²) in [5, 5.41) is 4.37. The summed E-state index contributed by atoms with van der Waals surface area (Å²) < 4.78 is 15.0. The molecule has 2 heterocycles. The number of rotatable bonds is 5. The maximum absolute atomic E-state index is 13.2. The third kappa shape index (κ3) is 3.53. The van der Waals surface area contributed by atoms with Gasteiger partial charge in [0, 0.05) is 17.8 Å². The number of anilines is 1. The average molecular weight is 337 g/mol. The summed E-state index contributed by atoms with van der Waals surface area (Å²) >= 11 is 0. The van der Waals surface area contributed by atoms with Crippen LogP contribution in [0.5, 0.6) is 0 Å². The molecule has 1 fully saturated rings. The molecule has 0 unspecified atom stereocenters. The van der Waals surface area contributed by atoms with E-state index >= 15 is 0 Å². The zero-order valence-corrected chi connectivity index (χ0v) is 13.8. The Morgan fingerprint density at radius 3 is 2.60 bits per heavy atom. The van der Waals surface area contributed by atoms with Crippen LogP contribution in [0.4, 0.5) is 10.2 Å². The van der Waals surface area contributed by atoms with Gasteiger partial charge in [0.05, 0.1) is 17.6 Å². The Bertz CT molecular complexity index is 837. The Labute approximate surface area is 145 Å². The molecule has 6 heteroatoms. The van der Waals surface area contributed by atoms with Crippen LogP contribution >= 0.6 is 0 Å². The van der Waals surface area contributed by atoms with Gasteiger partial charge in [-0.05, 0) is 55.3 Å². The lowest BCUT2D eigenvalue weighted by atomic mass is 10.2. The smallest absolute Gasteiger partial charge is 0.140 e. The quantitative estimate of drug-likeness (QED) is 0.693. The number of nitrogens with one attached hydrogen (secondary N) is 2. The SMILES string of the molecule is Fc1ccc(-n2nccc2-c2ccnc(NNC3CCCC3)c2)cc1. The lowest BCUT2D eigenvalue weighted by molar-refractivity contribution is 0.575. The predicted octanol–water partition coefficient (Wildman–Crippen LogP) is 3.93. The first kappa shape index (κ1) is 15.8. The van der Waals surface area contributed by atoms with Crippen LogP contribution in [0.1, 0.15) is 25.7 Å². The van der Waals surface area contributed by atoms with Crippen LogP contribution in [0.15, 0.2) is 54.9 Å². The van der Waals surface area contributed by atoms with Gasteiger partial charge in [-0.2, -0.15) is 5.10 Å². The van der Waals surface area contributed by atoms with E-state index in [2.05, 4.69) is 20.9 Å². The number of benzene rings is 1. The fraction of sp³-hybridized carbons (Fsp3) is 0.263. The van der Waals surface area contributed by atoms with Gasteiger partial charge in [0.25, 0.3) is 0 Å². The largest absolute Gasteiger partial charge is 0.306 e. The minimum atomic E-state index is -0.258. The highest BCUT2D eigenvalue weighted by atomic mass is 19.1. The van der Waals surface area contributed by atoms with Gasteiger partial charge in [-0.3, -0.25) is 0 Å². The highest BCUT2D eigenvalue weighted by Crippen LogP contribution is 2.24. The van der Waals surface area contributed by atoms with E-state index in [0.29, 0.717) is 6.04 Å². The molecule has 2 N–H and O–H groups in total. The summed E-state index contributed by atoms with van der Waals surface area (Å²) in [6.45, 7) is 0. The number of hydrogen-bond donors (Lipinski definition) is 2. The number of hydrogen-bond acceptors (Lipinski definition) is 4. The molecule has 5 nitrogen and oxygen atoms in total. The number of nitrogens with zero attached hydrogens (tertiary/aromatic N) is 3. The molecular weight excluding hydrogens is 317 g/mol. The van der Waals surface area contributed by atoms with Gasteiger partial charge in [0.15, 0.2) is 0 Å². The molecule has 0 bridgehead atoms. The number of pyridine rings is 1. The minimum absolute atomic E-state index is 0.258. The topological polar surface area (TPSA) is 54.8 Å². The van der Waals surface area contributed by atoms with Gasteiger partial charge in [-0.1, -0.05) is 12.8 Å². The van der Waals surface area contributed by atoms with Crippen LogP contribution in [-0.4, -0.2) is 20.8 Å². The first-order chi connectivity index (χ1) is 12.3. The fourth-order valence-electron chi connectivity index (χ4n) is 3.21. The summed E-state index contributed by atoms with van der Waals surface area (Å²) in [6, 6.07) is 12.7. The van der Waals surface area contributed by atoms with Crippen LogP contribution in [0.25, 0.3) is 16.9 Å². The third-order valence-corrected chi connectivity index (χ3v) is 4.53. The number of aromatic nitrogens is 3. The number of halogens is 1. The lowest BCUT2D eigenvalue weighted by Gasteiger charge is -2.14. The molecule has 25 heavy (non-hydrogen) atoms. The van der Waals surface area contributed by atoms with E-state index in [-0.39, 0.29) is 5.82 Å². The maximum Gasteiger partial charge on any atom is 0.140 e. The molecule has 3 aromatic rings. The Morgan fingerprint density at radius 2 is 1.80 bits per heavy atom. The summed E-state index contributed by atoms with van der Waals surface area (Å²) in [7, 11) is 0. The summed E-state index contributed by atoms with van der Waals surface area (Å²) in [5.74, 6) is 0.516. The predicted molar refractivity (Wildman–Crippen MR) is 95.8 cm³/mol. The molecular formula is C19H20FN5. The van der Waals surface area contributed by atoms with Gasteiger partial charge in [0.1, 0.15) is 11.6 Å². The zero-order valence-electron chi connectivity index (χ0n) is 13.8. The summed E-state index contributed by atoms with van der Waals surface area (Å²) in [4.78, 5) is 4.37. The Kier molecular flexibility index (Phi) is 4.43. The molecule has 1 aromatic carbocycles. The highest BCUT2D eigenvalue weighted by molar-refractivity contribution is 5.64. The van der Waals surface area contributed by atoms with Crippen molar-refractivity contribution >= 4 is 5.82 Å². The van der Waals surface area contributed by atoms with Crippen LogP contribution < -0.4 is 10.9 Å². The van der Waals surface area contributed by atoms with Crippen molar-refractivity contribution in [2.24, 2.45) is 0 Å². The van der Waals surface area contributed by atoms with E-state index in [1.54, 1.807) is 29.2 Å². The van der Waals surface area contributed by atoms with Crippen LogP contribution in [0.2, 0.25) is 0 Å². The summed E-state index contributed by atoms with van der Waals surface area (Å²) in [6.07, 6.45) is 8.47. The second kappa shape index (κ2) is 7.03. The van der Waals surface area contributed by atoms with E-state index in [1.807, 2.05) is 18.2 Å². The van der Waals surface area contributed by atoms with E-state index in [9.17, 15) is 4.39 Å². The molecule has 0 amide bonds.